The number of ether oxygens (including phenoxy) is 2. The minimum absolute atomic E-state index is 0.0295. The van der Waals surface area contributed by atoms with Crippen LogP contribution < -0.4 is 5.32 Å². The molecule has 10 heteroatoms. The molecule has 4 rings (SSSR count). The minimum Gasteiger partial charge on any atom is -0.379 e. The maximum absolute atomic E-state index is 13.2. The van der Waals surface area contributed by atoms with Gasteiger partial charge in [0, 0.05) is 63.6 Å². The number of nitrogens with zero attached hydrogens (tertiary/aromatic N) is 3. The number of rotatable bonds is 14. The van der Waals surface area contributed by atoms with Gasteiger partial charge in [-0.25, -0.2) is 0 Å². The number of amides is 1. The van der Waals surface area contributed by atoms with Gasteiger partial charge in [0.25, 0.3) is 0 Å². The Morgan fingerprint density at radius 2 is 2.00 bits per heavy atom. The number of benzene rings is 1. The quantitative estimate of drug-likeness (QED) is 0.339. The number of halogens is 3. The van der Waals surface area contributed by atoms with Crippen LogP contribution >= 0.6 is 0 Å². The summed E-state index contributed by atoms with van der Waals surface area (Å²) in [5.41, 5.74) is 1.72. The normalized spacial score (nSPS) is 20.0. The van der Waals surface area contributed by atoms with Gasteiger partial charge in [0.1, 0.15) is 0 Å². The zero-order chi connectivity index (χ0) is 30.0. The molecule has 2 aliphatic heterocycles. The Balaban J connectivity index is 1.28. The van der Waals surface area contributed by atoms with Crippen LogP contribution in [-0.2, 0) is 39.8 Å². The Hall–Kier alpha value is -2.53. The van der Waals surface area contributed by atoms with E-state index in [4.69, 9.17) is 9.47 Å². The Morgan fingerprint density at radius 3 is 2.76 bits per heavy atom. The number of pyridine rings is 1. The molecule has 1 aromatic carbocycles. The molecule has 0 spiro atoms. The molecule has 7 nitrogen and oxygen atoms in total. The summed E-state index contributed by atoms with van der Waals surface area (Å²) in [4.78, 5) is 21.3. The van der Waals surface area contributed by atoms with E-state index < -0.39 is 11.7 Å². The third-order valence-corrected chi connectivity index (χ3v) is 8.42. The van der Waals surface area contributed by atoms with Crippen LogP contribution in [0.15, 0.2) is 42.6 Å². The van der Waals surface area contributed by atoms with Crippen LogP contribution in [0.4, 0.5) is 13.2 Å². The van der Waals surface area contributed by atoms with Crippen molar-refractivity contribution in [3.8, 4) is 0 Å². The van der Waals surface area contributed by atoms with Gasteiger partial charge < -0.3 is 24.6 Å². The van der Waals surface area contributed by atoms with Gasteiger partial charge in [-0.05, 0) is 75.9 Å². The summed E-state index contributed by atoms with van der Waals surface area (Å²) in [6, 6.07) is 11.9. The molecule has 0 aliphatic carbocycles. The van der Waals surface area contributed by atoms with Gasteiger partial charge in [0.05, 0.1) is 18.3 Å². The van der Waals surface area contributed by atoms with Crippen LogP contribution in [0.2, 0.25) is 0 Å². The van der Waals surface area contributed by atoms with Crippen molar-refractivity contribution in [1.29, 1.82) is 0 Å². The highest BCUT2D eigenvalue weighted by Crippen LogP contribution is 2.31. The van der Waals surface area contributed by atoms with Crippen LogP contribution in [0.25, 0.3) is 0 Å². The molecule has 2 aromatic rings. The summed E-state index contributed by atoms with van der Waals surface area (Å²) in [7, 11) is 3.86. The zero-order valence-electron chi connectivity index (χ0n) is 24.9. The third kappa shape index (κ3) is 9.76. The van der Waals surface area contributed by atoms with Crippen LogP contribution in [0.5, 0.6) is 0 Å². The fraction of sp³-hybridized carbons (Fsp3) is 0.625. The summed E-state index contributed by atoms with van der Waals surface area (Å²) in [5, 5.41) is 3.76. The second kappa shape index (κ2) is 15.8. The number of aryl methyl sites for hydroxylation is 1. The van der Waals surface area contributed by atoms with E-state index in [9.17, 15) is 18.0 Å². The second-order valence-electron chi connectivity index (χ2n) is 11.6. The molecule has 0 radical (unpaired) electrons. The maximum Gasteiger partial charge on any atom is 0.417 e. The van der Waals surface area contributed by atoms with E-state index in [2.05, 4.69) is 46.5 Å². The molecule has 1 aromatic heterocycles. The number of fused-ring (bicyclic) bond motifs is 1. The van der Waals surface area contributed by atoms with E-state index >= 15 is 0 Å². The standard InChI is InChI=1S/C32H45F3N4O3/c1-38(16-6-10-24-8-4-3-5-9-24)17-7-11-27(37-29-15-19-42-23-30(29)41-2)12-13-31(40)39-18-14-28-25(22-39)20-26(21-36-28)32(33,34)35/h3-5,8-9,20-21,27,29-30,37H,6-7,10-19,22-23H2,1-2H3. The largest absolute Gasteiger partial charge is 0.417 e. The highest BCUT2D eigenvalue weighted by molar-refractivity contribution is 5.76. The first-order chi connectivity index (χ1) is 20.2. The monoisotopic (exact) mass is 590 g/mol. The minimum atomic E-state index is -4.45. The fourth-order valence-corrected chi connectivity index (χ4v) is 5.92. The molecule has 1 amide bonds. The first kappa shape index (κ1) is 32.4. The van der Waals surface area contributed by atoms with Gasteiger partial charge in [-0.3, -0.25) is 9.78 Å². The lowest BCUT2D eigenvalue weighted by Crippen LogP contribution is -2.51. The number of aromatic nitrogens is 1. The van der Waals surface area contributed by atoms with Gasteiger partial charge in [0.2, 0.25) is 5.91 Å². The molecule has 2 aliphatic rings. The molecule has 1 N–H and O–H groups in total. The molecule has 42 heavy (non-hydrogen) atoms. The topological polar surface area (TPSA) is 66.9 Å². The average molecular weight is 591 g/mol. The number of hydrogen-bond donors (Lipinski definition) is 1. The average Bonchev–Trinajstić information content (AvgIpc) is 2.99. The second-order valence-corrected chi connectivity index (χ2v) is 11.6. The molecule has 3 heterocycles. The zero-order valence-corrected chi connectivity index (χ0v) is 24.9. The summed E-state index contributed by atoms with van der Waals surface area (Å²) in [6.07, 6.45) is 2.80. The van der Waals surface area contributed by atoms with Crippen molar-refractivity contribution < 1.29 is 27.4 Å². The molecule has 0 saturated carbocycles. The van der Waals surface area contributed by atoms with Gasteiger partial charge in [0.15, 0.2) is 0 Å². The molecule has 1 saturated heterocycles. The Morgan fingerprint density at radius 1 is 1.21 bits per heavy atom. The van der Waals surface area contributed by atoms with Crippen LogP contribution in [0.3, 0.4) is 0 Å². The van der Waals surface area contributed by atoms with E-state index in [1.54, 1.807) is 12.0 Å². The van der Waals surface area contributed by atoms with E-state index in [-0.39, 0.29) is 30.6 Å². The van der Waals surface area contributed by atoms with Crippen molar-refractivity contribution >= 4 is 5.91 Å². The van der Waals surface area contributed by atoms with Crippen molar-refractivity contribution in [3.63, 3.8) is 0 Å². The Labute approximate surface area is 247 Å². The van der Waals surface area contributed by atoms with E-state index in [0.717, 1.165) is 57.5 Å². The number of carbonyl (C=O) groups is 1. The molecular weight excluding hydrogens is 545 g/mol. The van der Waals surface area contributed by atoms with Crippen molar-refractivity contribution in [2.24, 2.45) is 0 Å². The number of nitrogens with one attached hydrogen (secondary N) is 1. The SMILES string of the molecule is COC1COCCC1NC(CCCN(C)CCCc1ccccc1)CCC(=O)N1CCc2ncc(C(F)(F)F)cc2C1. The number of alkyl halides is 3. The predicted octanol–water partition coefficient (Wildman–Crippen LogP) is 4.87. The fourth-order valence-electron chi connectivity index (χ4n) is 5.92. The molecule has 232 valence electrons. The molecule has 1 fully saturated rings. The van der Waals surface area contributed by atoms with Gasteiger partial charge >= 0.3 is 6.18 Å². The predicted molar refractivity (Wildman–Crippen MR) is 156 cm³/mol. The van der Waals surface area contributed by atoms with Crippen molar-refractivity contribution in [2.45, 2.75) is 82.3 Å². The van der Waals surface area contributed by atoms with Crippen LogP contribution in [0.1, 0.15) is 60.9 Å². The number of carbonyl (C=O) groups excluding carboxylic acids is 1. The van der Waals surface area contributed by atoms with Crippen molar-refractivity contribution in [1.82, 2.24) is 20.1 Å². The summed E-state index contributed by atoms with van der Waals surface area (Å²) in [6.45, 7) is 3.86. The lowest BCUT2D eigenvalue weighted by Gasteiger charge is -2.35. The highest BCUT2D eigenvalue weighted by Gasteiger charge is 2.33. The maximum atomic E-state index is 13.2. The summed E-state index contributed by atoms with van der Waals surface area (Å²) < 4.78 is 50.9. The van der Waals surface area contributed by atoms with E-state index in [0.29, 0.717) is 50.3 Å². The lowest BCUT2D eigenvalue weighted by atomic mass is 9.99. The van der Waals surface area contributed by atoms with E-state index in [1.165, 1.54) is 5.56 Å². The highest BCUT2D eigenvalue weighted by atomic mass is 19.4. The van der Waals surface area contributed by atoms with Crippen LogP contribution in [0, 0.1) is 0 Å². The first-order valence-electron chi connectivity index (χ1n) is 15.1. The molecule has 0 bridgehead atoms. The van der Waals surface area contributed by atoms with Crippen molar-refractivity contribution in [3.05, 3.63) is 65.0 Å². The molecule has 3 atom stereocenters. The van der Waals surface area contributed by atoms with Gasteiger partial charge in [-0.1, -0.05) is 30.3 Å². The van der Waals surface area contributed by atoms with Gasteiger partial charge in [-0.15, -0.1) is 0 Å². The number of methoxy groups -OCH3 is 1. The Kier molecular flexibility index (Phi) is 12.2. The smallest absolute Gasteiger partial charge is 0.379 e. The first-order valence-corrected chi connectivity index (χ1v) is 15.1. The third-order valence-electron chi connectivity index (χ3n) is 8.42. The van der Waals surface area contributed by atoms with Crippen molar-refractivity contribution in [2.75, 3.05) is 47.0 Å². The molecule has 3 unspecified atom stereocenters. The number of hydrogen-bond acceptors (Lipinski definition) is 6. The summed E-state index contributed by atoms with van der Waals surface area (Å²) >= 11 is 0. The van der Waals surface area contributed by atoms with Crippen LogP contribution in [-0.4, -0.2) is 85.9 Å². The molecular formula is C32H45F3N4O3. The lowest BCUT2D eigenvalue weighted by molar-refractivity contribution is -0.137. The van der Waals surface area contributed by atoms with Gasteiger partial charge in [-0.2, -0.15) is 13.2 Å². The van der Waals surface area contributed by atoms with E-state index in [1.807, 2.05) is 6.07 Å². The summed E-state index contributed by atoms with van der Waals surface area (Å²) in [5.74, 6) is -0.0295. The Bertz CT molecular complexity index is 1120.